The summed E-state index contributed by atoms with van der Waals surface area (Å²) < 4.78 is 0. The quantitative estimate of drug-likeness (QED) is 0.344. The molecule has 0 rings (SSSR count). The van der Waals surface area contributed by atoms with Gasteiger partial charge in [0.15, 0.2) is 0 Å². The van der Waals surface area contributed by atoms with E-state index in [9.17, 15) is 10.2 Å². The maximum Gasteiger partial charge on any atom is 0.110 e. The van der Waals surface area contributed by atoms with Crippen LogP contribution in [0.3, 0.4) is 0 Å². The molecule has 0 aromatic carbocycles. The maximum atomic E-state index is 9.25. The van der Waals surface area contributed by atoms with Crippen molar-refractivity contribution in [3.63, 3.8) is 0 Å². The summed E-state index contributed by atoms with van der Waals surface area (Å²) in [5.41, 5.74) is 0. The highest BCUT2D eigenvalue weighted by atomic mass is 16.4. The Morgan fingerprint density at radius 1 is 0.923 bits per heavy atom. The van der Waals surface area contributed by atoms with E-state index in [0.717, 1.165) is 0 Å². The van der Waals surface area contributed by atoms with Gasteiger partial charge in [0.2, 0.25) is 0 Å². The highest BCUT2D eigenvalue weighted by Crippen LogP contribution is 2.09. The number of hydrogen-bond donors (Lipinski definition) is 5. The van der Waals surface area contributed by atoms with Crippen LogP contribution in [-0.2, 0) is 0 Å². The first-order valence-corrected chi connectivity index (χ1v) is 4.37. The van der Waals surface area contributed by atoms with Gasteiger partial charge < -0.3 is 25.5 Å². The molecule has 0 saturated heterocycles. The van der Waals surface area contributed by atoms with Gasteiger partial charge in [0.1, 0.15) is 18.3 Å². The van der Waals surface area contributed by atoms with Crippen LogP contribution < -0.4 is 0 Å². The van der Waals surface area contributed by atoms with Crippen LogP contribution >= 0.6 is 0 Å². The van der Waals surface area contributed by atoms with E-state index in [1.165, 1.54) is 0 Å². The molecule has 0 saturated carbocycles. The topological polar surface area (TPSA) is 101 Å². The minimum Gasteiger partial charge on any atom is -0.394 e. The normalized spacial score (nSPS) is 20.8. The van der Waals surface area contributed by atoms with E-state index < -0.39 is 31.0 Å². The van der Waals surface area contributed by atoms with Crippen LogP contribution in [0.1, 0.15) is 19.8 Å². The van der Waals surface area contributed by atoms with Crippen LogP contribution in [0.5, 0.6) is 0 Å². The monoisotopic (exact) mass is 194 g/mol. The lowest BCUT2D eigenvalue weighted by Crippen LogP contribution is -2.45. The first-order chi connectivity index (χ1) is 6.04. The van der Waals surface area contributed by atoms with E-state index in [1.54, 1.807) is 0 Å². The zero-order valence-electron chi connectivity index (χ0n) is 7.67. The molecule has 0 aromatic rings. The molecule has 0 bridgehead atoms. The average Bonchev–Trinajstić information content (AvgIpc) is 2.14. The van der Waals surface area contributed by atoms with Crippen molar-refractivity contribution in [2.45, 2.75) is 44.2 Å². The van der Waals surface area contributed by atoms with Gasteiger partial charge in [-0.3, -0.25) is 0 Å². The number of hydrogen-bond acceptors (Lipinski definition) is 5. The van der Waals surface area contributed by atoms with Crippen molar-refractivity contribution >= 4 is 0 Å². The molecule has 80 valence electrons. The van der Waals surface area contributed by atoms with Gasteiger partial charge in [-0.1, -0.05) is 13.3 Å². The zero-order valence-corrected chi connectivity index (χ0v) is 7.67. The van der Waals surface area contributed by atoms with Gasteiger partial charge in [0.05, 0.1) is 12.7 Å². The number of aliphatic hydroxyl groups excluding tert-OH is 5. The third kappa shape index (κ3) is 4.02. The molecule has 0 aliphatic carbocycles. The molecule has 0 aromatic heterocycles. The Kier molecular flexibility index (Phi) is 6.19. The standard InChI is InChI=1S/C8H18O5/c1-2-3-5(10)7(12)8(13)6(11)4-9/h5-13H,2-4H2,1H3/t5-,6+,7+,8+/m0/s1. The highest BCUT2D eigenvalue weighted by molar-refractivity contribution is 4.80. The van der Waals surface area contributed by atoms with Crippen molar-refractivity contribution in [2.24, 2.45) is 0 Å². The summed E-state index contributed by atoms with van der Waals surface area (Å²) in [6.45, 7) is 1.18. The van der Waals surface area contributed by atoms with E-state index in [-0.39, 0.29) is 0 Å². The molecule has 0 aliphatic heterocycles. The molecule has 5 heteroatoms. The molecular formula is C8H18O5. The fraction of sp³-hybridized carbons (Fsp3) is 1.00. The minimum absolute atomic E-state index is 0.344. The van der Waals surface area contributed by atoms with E-state index in [1.807, 2.05) is 6.92 Å². The van der Waals surface area contributed by atoms with Gasteiger partial charge in [0.25, 0.3) is 0 Å². The van der Waals surface area contributed by atoms with Crippen molar-refractivity contribution in [1.29, 1.82) is 0 Å². The van der Waals surface area contributed by atoms with Crippen LogP contribution in [0.4, 0.5) is 0 Å². The summed E-state index contributed by atoms with van der Waals surface area (Å²) in [5.74, 6) is 0. The molecule has 5 N–H and O–H groups in total. The molecular weight excluding hydrogens is 176 g/mol. The summed E-state index contributed by atoms with van der Waals surface area (Å²) in [6.07, 6.45) is -4.40. The van der Waals surface area contributed by atoms with Crippen molar-refractivity contribution in [2.75, 3.05) is 6.61 Å². The van der Waals surface area contributed by atoms with Crippen molar-refractivity contribution in [1.82, 2.24) is 0 Å². The molecule has 13 heavy (non-hydrogen) atoms. The number of rotatable bonds is 6. The molecule has 5 nitrogen and oxygen atoms in total. The SMILES string of the molecule is CCC[C@H](O)[C@@H](O)[C@H](O)[C@H](O)CO. The summed E-state index contributed by atoms with van der Waals surface area (Å²) >= 11 is 0. The van der Waals surface area contributed by atoms with Crippen LogP contribution in [0, 0.1) is 0 Å². The highest BCUT2D eigenvalue weighted by Gasteiger charge is 2.29. The van der Waals surface area contributed by atoms with Gasteiger partial charge in [-0.25, -0.2) is 0 Å². The maximum absolute atomic E-state index is 9.25. The molecule has 0 unspecified atom stereocenters. The van der Waals surface area contributed by atoms with Crippen molar-refractivity contribution in [3.05, 3.63) is 0 Å². The lowest BCUT2D eigenvalue weighted by atomic mass is 10.0. The van der Waals surface area contributed by atoms with Gasteiger partial charge in [0, 0.05) is 0 Å². The second-order valence-electron chi connectivity index (χ2n) is 3.09. The molecule has 0 spiro atoms. The Morgan fingerprint density at radius 2 is 1.38 bits per heavy atom. The second kappa shape index (κ2) is 6.28. The van der Waals surface area contributed by atoms with Gasteiger partial charge in [-0.2, -0.15) is 0 Å². The molecule has 4 atom stereocenters. The fourth-order valence-electron chi connectivity index (χ4n) is 1.03. The second-order valence-corrected chi connectivity index (χ2v) is 3.09. The Morgan fingerprint density at radius 3 is 1.77 bits per heavy atom. The van der Waals surface area contributed by atoms with Crippen molar-refractivity contribution < 1.29 is 25.5 Å². The Balaban J connectivity index is 3.99. The fourth-order valence-corrected chi connectivity index (χ4v) is 1.03. The Labute approximate surface area is 77.3 Å². The molecule has 0 heterocycles. The summed E-state index contributed by atoms with van der Waals surface area (Å²) in [4.78, 5) is 0. The van der Waals surface area contributed by atoms with Gasteiger partial charge >= 0.3 is 0 Å². The van der Waals surface area contributed by atoms with Crippen LogP contribution in [0.15, 0.2) is 0 Å². The summed E-state index contributed by atoms with van der Waals surface area (Å²) in [7, 11) is 0. The zero-order chi connectivity index (χ0) is 10.4. The summed E-state index contributed by atoms with van der Waals surface area (Å²) in [5, 5.41) is 45.0. The predicted octanol–water partition coefficient (Wildman–Crippen LogP) is -1.78. The van der Waals surface area contributed by atoms with Gasteiger partial charge in [-0.05, 0) is 6.42 Å². The molecule has 0 radical (unpaired) electrons. The van der Waals surface area contributed by atoms with Crippen LogP contribution in [0.25, 0.3) is 0 Å². The molecule has 0 fully saturated rings. The average molecular weight is 194 g/mol. The first kappa shape index (κ1) is 12.8. The lowest BCUT2D eigenvalue weighted by Gasteiger charge is -2.25. The van der Waals surface area contributed by atoms with E-state index in [4.69, 9.17) is 15.3 Å². The molecule has 0 amide bonds. The van der Waals surface area contributed by atoms with Crippen LogP contribution in [-0.4, -0.2) is 56.6 Å². The number of aliphatic hydroxyl groups is 5. The third-order valence-corrected chi connectivity index (χ3v) is 1.91. The third-order valence-electron chi connectivity index (χ3n) is 1.91. The smallest absolute Gasteiger partial charge is 0.110 e. The summed E-state index contributed by atoms with van der Waals surface area (Å²) in [6, 6.07) is 0. The Hall–Kier alpha value is -0.200. The first-order valence-electron chi connectivity index (χ1n) is 4.37. The minimum atomic E-state index is -1.51. The van der Waals surface area contributed by atoms with E-state index in [0.29, 0.717) is 12.8 Å². The van der Waals surface area contributed by atoms with E-state index >= 15 is 0 Å². The Bertz CT molecular complexity index is 130. The largest absolute Gasteiger partial charge is 0.394 e. The van der Waals surface area contributed by atoms with E-state index in [2.05, 4.69) is 0 Å². The van der Waals surface area contributed by atoms with Gasteiger partial charge in [-0.15, -0.1) is 0 Å². The van der Waals surface area contributed by atoms with Crippen LogP contribution in [0.2, 0.25) is 0 Å². The molecule has 0 aliphatic rings. The van der Waals surface area contributed by atoms with Crippen molar-refractivity contribution in [3.8, 4) is 0 Å². The predicted molar refractivity (Wildman–Crippen MR) is 46.0 cm³/mol. The lowest BCUT2D eigenvalue weighted by molar-refractivity contribution is -0.116.